The van der Waals surface area contributed by atoms with Gasteiger partial charge in [-0.15, -0.1) is 0 Å². The third-order valence-electron chi connectivity index (χ3n) is 3.87. The maximum atomic E-state index is 12.4. The Bertz CT molecular complexity index is 904. The molecule has 2 amide bonds. The predicted molar refractivity (Wildman–Crippen MR) is 95.0 cm³/mol. The van der Waals surface area contributed by atoms with Crippen molar-refractivity contribution in [3.63, 3.8) is 0 Å². The highest BCUT2D eigenvalue weighted by Gasteiger charge is 2.31. The van der Waals surface area contributed by atoms with Crippen molar-refractivity contribution in [2.75, 3.05) is 25.1 Å². The van der Waals surface area contributed by atoms with E-state index in [1.165, 1.54) is 0 Å². The van der Waals surface area contributed by atoms with Crippen molar-refractivity contribution in [1.29, 1.82) is 0 Å². The fraction of sp³-hybridized carbons (Fsp3) is 0.222. The molecule has 9 nitrogen and oxygen atoms in total. The Morgan fingerprint density at radius 1 is 1.33 bits per heavy atom. The molecule has 140 valence electrons. The van der Waals surface area contributed by atoms with E-state index in [4.69, 9.17) is 9.84 Å². The van der Waals surface area contributed by atoms with Gasteiger partial charge in [0, 0.05) is 18.5 Å². The molecule has 2 heterocycles. The average Bonchev–Trinajstić information content (AvgIpc) is 3.27. The quantitative estimate of drug-likeness (QED) is 0.545. The van der Waals surface area contributed by atoms with Gasteiger partial charge in [-0.3, -0.25) is 14.5 Å². The molecule has 0 unspecified atom stereocenters. The minimum absolute atomic E-state index is 0.0108. The van der Waals surface area contributed by atoms with Crippen LogP contribution in [0.15, 0.2) is 48.4 Å². The molecule has 1 aromatic carbocycles. The molecule has 0 saturated heterocycles. The topological polar surface area (TPSA) is 114 Å². The molecule has 2 aromatic rings. The first-order valence-electron chi connectivity index (χ1n) is 8.31. The zero-order valence-electron chi connectivity index (χ0n) is 14.6. The molecule has 1 aromatic heterocycles. The molecule has 0 atom stereocenters. The number of anilines is 1. The number of carbonyl (C=O) groups excluding carboxylic acids is 3. The molecule has 2 N–H and O–H groups in total. The molecule has 0 radical (unpaired) electrons. The number of aromatic nitrogens is 2. The van der Waals surface area contributed by atoms with Crippen LogP contribution in [0.25, 0.3) is 5.69 Å². The normalized spacial score (nSPS) is 13.7. The number of amides is 2. The van der Waals surface area contributed by atoms with E-state index in [1.807, 2.05) is 0 Å². The lowest BCUT2D eigenvalue weighted by Crippen LogP contribution is -2.34. The molecule has 0 spiro atoms. The minimum Gasteiger partial charge on any atom is -0.462 e. The lowest BCUT2D eigenvalue weighted by atomic mass is 10.1. The van der Waals surface area contributed by atoms with Crippen LogP contribution in [0.5, 0.6) is 0 Å². The molecule has 0 fully saturated rings. The van der Waals surface area contributed by atoms with Gasteiger partial charge in [0.2, 0.25) is 0 Å². The molecule has 0 saturated carbocycles. The number of carbonyl (C=O) groups is 3. The fourth-order valence-electron chi connectivity index (χ4n) is 2.64. The number of ether oxygens (including phenoxy) is 1. The standard InChI is InChI=1S/C18H18N4O5/c1-2-27-18(26)13-5-4-12(22-7-3-6-19-22)10-14(13)20-15-11-16(24)21(8-9-23)17(15)25/h3-7,10-11,20,23H,2,8-9H2,1H3. The van der Waals surface area contributed by atoms with Gasteiger partial charge in [-0.25, -0.2) is 9.48 Å². The fourth-order valence-corrected chi connectivity index (χ4v) is 2.64. The highest BCUT2D eigenvalue weighted by Crippen LogP contribution is 2.24. The molecule has 1 aliphatic heterocycles. The van der Waals surface area contributed by atoms with E-state index in [-0.39, 0.29) is 31.0 Å². The second-order valence-electron chi connectivity index (χ2n) is 5.60. The van der Waals surface area contributed by atoms with Gasteiger partial charge in [0.05, 0.1) is 36.7 Å². The summed E-state index contributed by atoms with van der Waals surface area (Å²) in [6, 6.07) is 6.64. The maximum absolute atomic E-state index is 12.4. The summed E-state index contributed by atoms with van der Waals surface area (Å²) in [7, 11) is 0. The number of benzene rings is 1. The van der Waals surface area contributed by atoms with Crippen LogP contribution in [0.4, 0.5) is 5.69 Å². The van der Waals surface area contributed by atoms with Crippen molar-refractivity contribution in [3.05, 3.63) is 54.0 Å². The van der Waals surface area contributed by atoms with Crippen LogP contribution in [0.1, 0.15) is 17.3 Å². The van der Waals surface area contributed by atoms with E-state index < -0.39 is 17.8 Å². The summed E-state index contributed by atoms with van der Waals surface area (Å²) < 4.78 is 6.65. The largest absolute Gasteiger partial charge is 0.462 e. The Morgan fingerprint density at radius 3 is 2.81 bits per heavy atom. The first-order valence-corrected chi connectivity index (χ1v) is 8.31. The second kappa shape index (κ2) is 7.83. The van der Waals surface area contributed by atoms with Crippen molar-refractivity contribution in [2.45, 2.75) is 6.92 Å². The van der Waals surface area contributed by atoms with Gasteiger partial charge in [0.15, 0.2) is 0 Å². The van der Waals surface area contributed by atoms with Crippen LogP contribution in [-0.2, 0) is 14.3 Å². The molecule has 3 rings (SSSR count). The Morgan fingerprint density at radius 2 is 2.15 bits per heavy atom. The molecule has 1 aliphatic rings. The van der Waals surface area contributed by atoms with Gasteiger partial charge in [0.1, 0.15) is 5.70 Å². The number of hydrogen-bond donors (Lipinski definition) is 2. The molecular formula is C18H18N4O5. The zero-order chi connectivity index (χ0) is 19.4. The van der Waals surface area contributed by atoms with Crippen molar-refractivity contribution in [1.82, 2.24) is 14.7 Å². The minimum atomic E-state index is -0.576. The summed E-state index contributed by atoms with van der Waals surface area (Å²) in [4.78, 5) is 37.5. The van der Waals surface area contributed by atoms with Crippen LogP contribution < -0.4 is 5.32 Å². The molecular weight excluding hydrogens is 352 g/mol. The van der Waals surface area contributed by atoms with Crippen molar-refractivity contribution in [2.24, 2.45) is 0 Å². The third kappa shape index (κ3) is 3.72. The van der Waals surface area contributed by atoms with Gasteiger partial charge < -0.3 is 15.2 Å². The Kier molecular flexibility index (Phi) is 5.32. The van der Waals surface area contributed by atoms with Crippen LogP contribution in [-0.4, -0.2) is 57.3 Å². The Hall–Kier alpha value is -3.46. The summed E-state index contributed by atoms with van der Waals surface area (Å²) in [5.41, 5.74) is 1.19. The van der Waals surface area contributed by atoms with Gasteiger partial charge >= 0.3 is 5.97 Å². The van der Waals surface area contributed by atoms with E-state index in [1.54, 1.807) is 48.3 Å². The Labute approximate surface area is 154 Å². The summed E-state index contributed by atoms with van der Waals surface area (Å²) in [6.45, 7) is 1.46. The van der Waals surface area contributed by atoms with Crippen LogP contribution in [0.2, 0.25) is 0 Å². The van der Waals surface area contributed by atoms with E-state index in [0.29, 0.717) is 11.4 Å². The van der Waals surface area contributed by atoms with Gasteiger partial charge in [-0.1, -0.05) is 0 Å². The number of aliphatic hydroxyl groups is 1. The predicted octanol–water partition coefficient (Wildman–Crippen LogP) is 0.706. The van der Waals surface area contributed by atoms with Gasteiger partial charge in [-0.2, -0.15) is 5.10 Å². The summed E-state index contributed by atoms with van der Waals surface area (Å²) in [6.07, 6.45) is 4.48. The number of nitrogens with one attached hydrogen (secondary N) is 1. The summed E-state index contributed by atoms with van der Waals surface area (Å²) >= 11 is 0. The summed E-state index contributed by atoms with van der Waals surface area (Å²) in [5, 5.41) is 16.0. The van der Waals surface area contributed by atoms with Crippen molar-refractivity contribution < 1.29 is 24.2 Å². The second-order valence-corrected chi connectivity index (χ2v) is 5.60. The number of aliphatic hydroxyl groups excluding tert-OH is 1. The summed E-state index contributed by atoms with van der Waals surface area (Å²) in [5.74, 6) is -1.66. The van der Waals surface area contributed by atoms with Crippen LogP contribution in [0, 0.1) is 0 Å². The number of imide groups is 1. The van der Waals surface area contributed by atoms with Gasteiger partial charge in [-0.05, 0) is 31.2 Å². The van der Waals surface area contributed by atoms with E-state index in [0.717, 1.165) is 11.0 Å². The highest BCUT2D eigenvalue weighted by atomic mass is 16.5. The van der Waals surface area contributed by atoms with Gasteiger partial charge in [0.25, 0.3) is 11.8 Å². The van der Waals surface area contributed by atoms with Crippen molar-refractivity contribution in [3.8, 4) is 5.69 Å². The lowest BCUT2D eigenvalue weighted by Gasteiger charge is -2.15. The van der Waals surface area contributed by atoms with Crippen molar-refractivity contribution >= 4 is 23.5 Å². The molecule has 0 aliphatic carbocycles. The zero-order valence-corrected chi connectivity index (χ0v) is 14.6. The number of β-amino-alcohol motifs (C(OH)–C–C–N with tert-alkyl or cyclic N) is 1. The number of nitrogens with zero attached hydrogens (tertiary/aromatic N) is 3. The lowest BCUT2D eigenvalue weighted by molar-refractivity contribution is -0.137. The number of rotatable bonds is 7. The SMILES string of the molecule is CCOC(=O)c1ccc(-n2cccn2)cc1NC1=CC(=O)N(CCO)C1=O. The number of esters is 1. The first kappa shape index (κ1) is 18.3. The monoisotopic (exact) mass is 370 g/mol. The molecule has 27 heavy (non-hydrogen) atoms. The average molecular weight is 370 g/mol. The Balaban J connectivity index is 1.95. The first-order chi connectivity index (χ1) is 13.0. The van der Waals surface area contributed by atoms with Crippen LogP contribution in [0.3, 0.4) is 0 Å². The third-order valence-corrected chi connectivity index (χ3v) is 3.87. The van der Waals surface area contributed by atoms with Crippen LogP contribution >= 0.6 is 0 Å². The number of hydrogen-bond acceptors (Lipinski definition) is 7. The maximum Gasteiger partial charge on any atom is 0.340 e. The van der Waals surface area contributed by atoms with E-state index in [9.17, 15) is 14.4 Å². The highest BCUT2D eigenvalue weighted by molar-refractivity contribution is 6.17. The van der Waals surface area contributed by atoms with E-state index in [2.05, 4.69) is 10.4 Å². The smallest absolute Gasteiger partial charge is 0.340 e. The van der Waals surface area contributed by atoms with E-state index >= 15 is 0 Å². The molecule has 9 heteroatoms. The molecule has 0 bridgehead atoms.